The van der Waals surface area contributed by atoms with Crippen molar-refractivity contribution in [3.8, 4) is 0 Å². The largest absolute Gasteiger partial charge is 0.324 e. The van der Waals surface area contributed by atoms with Crippen molar-refractivity contribution in [2.45, 2.75) is 5.75 Å². The highest BCUT2D eigenvalue weighted by Gasteiger charge is 2.03. The molecule has 5 heteroatoms. The van der Waals surface area contributed by atoms with E-state index in [1.807, 2.05) is 18.2 Å². The number of aromatic nitrogens is 1. The van der Waals surface area contributed by atoms with Gasteiger partial charge in [-0.25, -0.2) is 0 Å². The van der Waals surface area contributed by atoms with Gasteiger partial charge in [0.2, 0.25) is 5.91 Å². The lowest BCUT2D eigenvalue weighted by Crippen LogP contribution is -2.14. The van der Waals surface area contributed by atoms with Gasteiger partial charge in [-0.3, -0.25) is 9.78 Å². The summed E-state index contributed by atoms with van der Waals surface area (Å²) in [6, 6.07) is 11.7. The Balaban J connectivity index is 1.75. The fraction of sp³-hybridized carbons (Fsp3) is 0.143. The number of amides is 1. The van der Waals surface area contributed by atoms with Crippen molar-refractivity contribution >= 4 is 39.3 Å². The van der Waals surface area contributed by atoms with Crippen LogP contribution in [0.5, 0.6) is 0 Å². The van der Waals surface area contributed by atoms with Crippen molar-refractivity contribution in [1.82, 2.24) is 4.98 Å². The maximum atomic E-state index is 11.7. The topological polar surface area (TPSA) is 42.0 Å². The van der Waals surface area contributed by atoms with E-state index >= 15 is 0 Å². The van der Waals surface area contributed by atoms with Crippen LogP contribution in [0.15, 0.2) is 53.3 Å². The molecule has 1 amide bonds. The van der Waals surface area contributed by atoms with E-state index in [4.69, 9.17) is 0 Å². The molecule has 0 radical (unpaired) electrons. The summed E-state index contributed by atoms with van der Waals surface area (Å²) in [6.45, 7) is 0. The Labute approximate surface area is 125 Å². The fourth-order valence-electron chi connectivity index (χ4n) is 1.52. The molecule has 0 aliphatic heterocycles. The van der Waals surface area contributed by atoms with E-state index in [-0.39, 0.29) is 5.91 Å². The molecular formula is C14H13BrN2OS. The lowest BCUT2D eigenvalue weighted by atomic mass is 10.2. The summed E-state index contributed by atoms with van der Waals surface area (Å²) in [5.41, 5.74) is 1.93. The predicted octanol–water partition coefficient (Wildman–Crippen LogP) is 3.72. The zero-order valence-corrected chi connectivity index (χ0v) is 12.6. The third-order valence-corrected chi connectivity index (χ3v) is 3.83. The normalized spacial score (nSPS) is 10.2. The molecule has 0 saturated heterocycles. The van der Waals surface area contributed by atoms with Crippen LogP contribution in [-0.4, -0.2) is 16.6 Å². The zero-order chi connectivity index (χ0) is 13.5. The highest BCUT2D eigenvalue weighted by molar-refractivity contribution is 9.10. The van der Waals surface area contributed by atoms with Crippen LogP contribution in [0.1, 0.15) is 5.56 Å². The number of thioether (sulfide) groups is 1. The van der Waals surface area contributed by atoms with Crippen molar-refractivity contribution in [1.29, 1.82) is 0 Å². The molecule has 98 valence electrons. The zero-order valence-electron chi connectivity index (χ0n) is 10.2. The van der Waals surface area contributed by atoms with Gasteiger partial charge in [0.15, 0.2) is 0 Å². The molecule has 0 atom stereocenters. The summed E-state index contributed by atoms with van der Waals surface area (Å²) in [4.78, 5) is 15.6. The molecular weight excluding hydrogens is 324 g/mol. The Morgan fingerprint density at radius 2 is 2.21 bits per heavy atom. The molecule has 2 rings (SSSR count). The van der Waals surface area contributed by atoms with Gasteiger partial charge in [0, 0.05) is 16.4 Å². The second-order valence-corrected chi connectivity index (χ2v) is 5.81. The molecule has 3 nitrogen and oxygen atoms in total. The lowest BCUT2D eigenvalue weighted by molar-refractivity contribution is -0.113. The summed E-state index contributed by atoms with van der Waals surface area (Å²) in [6.07, 6.45) is 3.31. The van der Waals surface area contributed by atoms with Crippen molar-refractivity contribution in [2.75, 3.05) is 11.1 Å². The highest BCUT2D eigenvalue weighted by Crippen LogP contribution is 2.17. The minimum atomic E-state index is -0.00648. The molecule has 0 fully saturated rings. The first-order valence-corrected chi connectivity index (χ1v) is 7.71. The molecule has 1 heterocycles. The first-order chi connectivity index (χ1) is 9.24. The van der Waals surface area contributed by atoms with Gasteiger partial charge in [0.25, 0.3) is 0 Å². The van der Waals surface area contributed by atoms with Gasteiger partial charge < -0.3 is 5.32 Å². The number of benzene rings is 1. The van der Waals surface area contributed by atoms with Crippen LogP contribution in [0.2, 0.25) is 0 Å². The van der Waals surface area contributed by atoms with Crippen molar-refractivity contribution in [3.63, 3.8) is 0 Å². The predicted molar refractivity (Wildman–Crippen MR) is 83.2 cm³/mol. The number of hydrogen-bond donors (Lipinski definition) is 1. The SMILES string of the molecule is O=C(CSCc1cccc(Br)c1)Nc1cccnc1. The van der Waals surface area contributed by atoms with Gasteiger partial charge in [-0.1, -0.05) is 28.1 Å². The van der Waals surface area contributed by atoms with Crippen molar-refractivity contribution in [2.24, 2.45) is 0 Å². The van der Waals surface area contributed by atoms with Crippen LogP contribution in [-0.2, 0) is 10.5 Å². The Morgan fingerprint density at radius 1 is 1.32 bits per heavy atom. The van der Waals surface area contributed by atoms with Gasteiger partial charge in [0.1, 0.15) is 0 Å². The molecule has 0 saturated carbocycles. The van der Waals surface area contributed by atoms with E-state index in [1.54, 1.807) is 30.2 Å². The number of carbonyl (C=O) groups is 1. The average molecular weight is 337 g/mol. The van der Waals surface area contributed by atoms with Crippen molar-refractivity contribution in [3.05, 3.63) is 58.8 Å². The minimum Gasteiger partial charge on any atom is -0.324 e. The quantitative estimate of drug-likeness (QED) is 0.904. The molecule has 1 aromatic heterocycles. The summed E-state index contributed by atoms with van der Waals surface area (Å²) in [7, 11) is 0. The molecule has 1 N–H and O–H groups in total. The van der Waals surface area contributed by atoms with Gasteiger partial charge in [-0.15, -0.1) is 11.8 Å². The molecule has 19 heavy (non-hydrogen) atoms. The van der Waals surface area contributed by atoms with Gasteiger partial charge >= 0.3 is 0 Å². The highest BCUT2D eigenvalue weighted by atomic mass is 79.9. The molecule has 0 aliphatic rings. The van der Waals surface area contributed by atoms with Crippen LogP contribution in [0.4, 0.5) is 5.69 Å². The fourth-order valence-corrected chi connectivity index (χ4v) is 2.74. The first kappa shape index (κ1) is 14.1. The molecule has 0 spiro atoms. The standard InChI is InChI=1S/C14H13BrN2OS/c15-12-4-1-3-11(7-12)9-19-10-14(18)17-13-5-2-6-16-8-13/h1-8H,9-10H2,(H,17,18). The van der Waals surface area contributed by atoms with Gasteiger partial charge in [-0.2, -0.15) is 0 Å². The van der Waals surface area contributed by atoms with E-state index in [2.05, 4.69) is 38.4 Å². The maximum Gasteiger partial charge on any atom is 0.234 e. The minimum absolute atomic E-state index is 0.00648. The number of rotatable bonds is 5. The summed E-state index contributed by atoms with van der Waals surface area (Å²) in [5.74, 6) is 1.24. The molecule has 0 aliphatic carbocycles. The molecule has 0 unspecified atom stereocenters. The molecule has 1 aromatic carbocycles. The number of anilines is 1. The van der Waals surface area contributed by atoms with E-state index in [0.29, 0.717) is 5.75 Å². The number of pyridine rings is 1. The Hall–Kier alpha value is -1.33. The maximum absolute atomic E-state index is 11.7. The van der Waals surface area contributed by atoms with Gasteiger partial charge in [-0.05, 0) is 29.8 Å². The number of carbonyl (C=O) groups excluding carboxylic acids is 1. The number of halogens is 1. The average Bonchev–Trinajstić information content (AvgIpc) is 2.40. The van der Waals surface area contributed by atoms with E-state index in [0.717, 1.165) is 15.9 Å². The second kappa shape index (κ2) is 7.31. The smallest absolute Gasteiger partial charge is 0.234 e. The van der Waals surface area contributed by atoms with E-state index in [9.17, 15) is 4.79 Å². The van der Waals surface area contributed by atoms with Crippen LogP contribution >= 0.6 is 27.7 Å². The van der Waals surface area contributed by atoms with Crippen LogP contribution in [0.3, 0.4) is 0 Å². The Morgan fingerprint density at radius 3 is 2.95 bits per heavy atom. The third-order valence-electron chi connectivity index (χ3n) is 2.34. The monoisotopic (exact) mass is 336 g/mol. The molecule has 2 aromatic rings. The van der Waals surface area contributed by atoms with E-state index < -0.39 is 0 Å². The second-order valence-electron chi connectivity index (χ2n) is 3.91. The van der Waals surface area contributed by atoms with E-state index in [1.165, 1.54) is 5.56 Å². The third kappa shape index (κ3) is 5.04. The van der Waals surface area contributed by atoms with Crippen LogP contribution < -0.4 is 5.32 Å². The first-order valence-electron chi connectivity index (χ1n) is 5.76. The van der Waals surface area contributed by atoms with Crippen molar-refractivity contribution < 1.29 is 4.79 Å². The Kier molecular flexibility index (Phi) is 5.42. The lowest BCUT2D eigenvalue weighted by Gasteiger charge is -2.05. The Bertz CT molecular complexity index is 548. The molecule has 0 bridgehead atoms. The van der Waals surface area contributed by atoms with Crippen LogP contribution in [0, 0.1) is 0 Å². The summed E-state index contributed by atoms with van der Waals surface area (Å²) >= 11 is 5.02. The summed E-state index contributed by atoms with van der Waals surface area (Å²) in [5, 5.41) is 2.81. The van der Waals surface area contributed by atoms with Crippen LogP contribution in [0.25, 0.3) is 0 Å². The number of hydrogen-bond acceptors (Lipinski definition) is 3. The number of nitrogens with zero attached hydrogens (tertiary/aromatic N) is 1. The van der Waals surface area contributed by atoms with Gasteiger partial charge in [0.05, 0.1) is 17.6 Å². The summed E-state index contributed by atoms with van der Waals surface area (Å²) < 4.78 is 1.06. The number of nitrogens with one attached hydrogen (secondary N) is 1.